The molecule has 37 heavy (non-hydrogen) atoms. The minimum absolute atomic E-state index is 0.0566. The van der Waals surface area contributed by atoms with Crippen LogP contribution in [0.4, 0.5) is 0 Å². The molecule has 4 heteroatoms. The van der Waals surface area contributed by atoms with Crippen molar-refractivity contribution >= 4 is 5.78 Å². The van der Waals surface area contributed by atoms with Gasteiger partial charge in [-0.1, -0.05) is 156 Å². The Bertz CT molecular complexity index is 467. The molecule has 0 aliphatic heterocycles. The molecule has 0 amide bonds. The lowest BCUT2D eigenvalue weighted by atomic mass is 9.99. The van der Waals surface area contributed by atoms with E-state index in [0.717, 1.165) is 38.5 Å². The molecule has 2 N–H and O–H groups in total. The molecule has 0 heterocycles. The summed E-state index contributed by atoms with van der Waals surface area (Å²) < 4.78 is 5.84. The highest BCUT2D eigenvalue weighted by Crippen LogP contribution is 2.18. The van der Waals surface area contributed by atoms with E-state index in [1.165, 1.54) is 109 Å². The van der Waals surface area contributed by atoms with Crippen molar-refractivity contribution in [3.8, 4) is 0 Å². The van der Waals surface area contributed by atoms with Gasteiger partial charge in [-0.25, -0.2) is 0 Å². The van der Waals surface area contributed by atoms with E-state index < -0.39 is 18.8 Å². The van der Waals surface area contributed by atoms with Crippen LogP contribution in [0.15, 0.2) is 0 Å². The molecular formula is C33H66O4. The fraction of sp³-hybridized carbons (Fsp3) is 0.970. The summed E-state index contributed by atoms with van der Waals surface area (Å²) in [5.74, 6) is 0.356. The van der Waals surface area contributed by atoms with Crippen molar-refractivity contribution in [1.29, 1.82) is 0 Å². The molecule has 0 spiro atoms. The Balaban J connectivity index is 3.65. The van der Waals surface area contributed by atoms with Crippen molar-refractivity contribution in [3.05, 3.63) is 0 Å². The van der Waals surface area contributed by atoms with Gasteiger partial charge in [0.25, 0.3) is 0 Å². The first-order valence-corrected chi connectivity index (χ1v) is 16.5. The van der Waals surface area contributed by atoms with E-state index in [1.54, 1.807) is 0 Å². The molecule has 0 aromatic carbocycles. The fourth-order valence-corrected chi connectivity index (χ4v) is 5.17. The number of aliphatic hydroxyl groups excluding tert-OH is 2. The molecule has 0 rings (SSSR count). The molecule has 222 valence electrons. The van der Waals surface area contributed by atoms with Crippen molar-refractivity contribution in [2.75, 3.05) is 13.2 Å². The van der Waals surface area contributed by atoms with Crippen LogP contribution in [0.1, 0.15) is 175 Å². The smallest absolute Gasteiger partial charge is 0.164 e. The summed E-state index contributed by atoms with van der Waals surface area (Å²) in [7, 11) is 0. The molecule has 0 aliphatic rings. The quantitative estimate of drug-likeness (QED) is 0.0915. The maximum atomic E-state index is 12.6. The molecular weight excluding hydrogens is 460 g/mol. The molecule has 0 saturated carbocycles. The number of rotatable bonds is 30. The Morgan fingerprint density at radius 3 is 1.41 bits per heavy atom. The highest BCUT2D eigenvalue weighted by Gasteiger charge is 2.27. The lowest BCUT2D eigenvalue weighted by Gasteiger charge is -2.24. The molecule has 0 bridgehead atoms. The van der Waals surface area contributed by atoms with Crippen molar-refractivity contribution in [1.82, 2.24) is 0 Å². The molecule has 4 nitrogen and oxygen atoms in total. The summed E-state index contributed by atoms with van der Waals surface area (Å²) in [6.07, 6.45) is 28.2. The van der Waals surface area contributed by atoms with Gasteiger partial charge in [-0.2, -0.15) is 0 Å². The number of carbonyl (C=O) groups excluding carboxylic acids is 1. The SMILES string of the molecule is CCCCCCCCCCCCCCCCCCCCCC(=O)C(OCC(CC)CCCC)C(O)CO. The van der Waals surface area contributed by atoms with Gasteiger partial charge in [0.1, 0.15) is 12.2 Å². The van der Waals surface area contributed by atoms with Gasteiger partial charge in [-0.15, -0.1) is 0 Å². The van der Waals surface area contributed by atoms with Gasteiger partial charge in [0.15, 0.2) is 5.78 Å². The van der Waals surface area contributed by atoms with Gasteiger partial charge in [-0.3, -0.25) is 4.79 Å². The summed E-state index contributed by atoms with van der Waals surface area (Å²) in [6.45, 7) is 6.66. The zero-order valence-corrected chi connectivity index (χ0v) is 25.3. The second kappa shape index (κ2) is 28.6. The van der Waals surface area contributed by atoms with Gasteiger partial charge in [0.2, 0.25) is 0 Å². The number of aliphatic hydroxyl groups is 2. The van der Waals surface area contributed by atoms with Gasteiger partial charge in [0, 0.05) is 6.42 Å². The summed E-state index contributed by atoms with van der Waals surface area (Å²) >= 11 is 0. The van der Waals surface area contributed by atoms with Crippen LogP contribution >= 0.6 is 0 Å². The lowest BCUT2D eigenvalue weighted by molar-refractivity contribution is -0.142. The number of hydrogen-bond donors (Lipinski definition) is 2. The predicted molar refractivity (Wildman–Crippen MR) is 159 cm³/mol. The first-order valence-electron chi connectivity index (χ1n) is 16.5. The molecule has 0 aromatic rings. The largest absolute Gasteiger partial charge is 0.394 e. The molecule has 3 unspecified atom stereocenters. The third-order valence-electron chi connectivity index (χ3n) is 7.94. The number of Topliss-reactive ketones (excluding diaryl/α,β-unsaturated/α-hetero) is 1. The van der Waals surface area contributed by atoms with Crippen LogP contribution in [0.3, 0.4) is 0 Å². The van der Waals surface area contributed by atoms with E-state index in [2.05, 4.69) is 20.8 Å². The zero-order chi connectivity index (χ0) is 27.4. The maximum Gasteiger partial charge on any atom is 0.164 e. The monoisotopic (exact) mass is 526 g/mol. The highest BCUT2D eigenvalue weighted by atomic mass is 16.5. The first kappa shape index (κ1) is 36.5. The van der Waals surface area contributed by atoms with E-state index >= 15 is 0 Å². The van der Waals surface area contributed by atoms with Crippen LogP contribution in [0.5, 0.6) is 0 Å². The van der Waals surface area contributed by atoms with Gasteiger partial charge < -0.3 is 14.9 Å². The average molecular weight is 527 g/mol. The lowest BCUT2D eigenvalue weighted by Crippen LogP contribution is -2.40. The third kappa shape index (κ3) is 23.2. The van der Waals surface area contributed by atoms with E-state index in [4.69, 9.17) is 4.74 Å². The normalized spacial score (nSPS) is 14.1. The fourth-order valence-electron chi connectivity index (χ4n) is 5.17. The second-order valence-corrected chi connectivity index (χ2v) is 11.5. The third-order valence-corrected chi connectivity index (χ3v) is 7.94. The first-order chi connectivity index (χ1) is 18.1. The van der Waals surface area contributed by atoms with Crippen LogP contribution in [0.25, 0.3) is 0 Å². The van der Waals surface area contributed by atoms with E-state index in [1.807, 2.05) is 0 Å². The minimum Gasteiger partial charge on any atom is -0.394 e. The number of unbranched alkanes of at least 4 members (excludes halogenated alkanes) is 19. The molecule has 0 saturated heterocycles. The topological polar surface area (TPSA) is 66.8 Å². The number of hydrogen-bond acceptors (Lipinski definition) is 4. The Labute approximate surface area is 231 Å². The second-order valence-electron chi connectivity index (χ2n) is 11.5. The zero-order valence-electron chi connectivity index (χ0n) is 25.3. The van der Waals surface area contributed by atoms with E-state index in [9.17, 15) is 15.0 Å². The Morgan fingerprint density at radius 1 is 0.622 bits per heavy atom. The van der Waals surface area contributed by atoms with Crippen LogP contribution in [-0.2, 0) is 9.53 Å². The van der Waals surface area contributed by atoms with Gasteiger partial charge in [0.05, 0.1) is 13.2 Å². The average Bonchev–Trinajstić information content (AvgIpc) is 2.91. The molecule has 0 aliphatic carbocycles. The summed E-state index contributed by atoms with van der Waals surface area (Å²) in [4.78, 5) is 12.6. The summed E-state index contributed by atoms with van der Waals surface area (Å²) in [5.41, 5.74) is 0. The van der Waals surface area contributed by atoms with Crippen molar-refractivity contribution in [2.24, 2.45) is 5.92 Å². The summed E-state index contributed by atoms with van der Waals surface area (Å²) in [5, 5.41) is 19.5. The number of ketones is 1. The Morgan fingerprint density at radius 2 is 1.03 bits per heavy atom. The van der Waals surface area contributed by atoms with E-state index in [0.29, 0.717) is 18.9 Å². The van der Waals surface area contributed by atoms with Crippen molar-refractivity contribution < 1.29 is 19.7 Å². The molecule has 0 radical (unpaired) electrons. The van der Waals surface area contributed by atoms with Crippen LogP contribution in [-0.4, -0.2) is 41.4 Å². The predicted octanol–water partition coefficient (Wildman–Crippen LogP) is 9.33. The van der Waals surface area contributed by atoms with E-state index in [-0.39, 0.29) is 5.78 Å². The number of carbonyl (C=O) groups is 1. The van der Waals surface area contributed by atoms with Crippen LogP contribution in [0.2, 0.25) is 0 Å². The molecule has 0 aromatic heterocycles. The maximum absolute atomic E-state index is 12.6. The number of ether oxygens (including phenoxy) is 1. The summed E-state index contributed by atoms with van der Waals surface area (Å²) in [6, 6.07) is 0. The molecule has 3 atom stereocenters. The van der Waals surface area contributed by atoms with Crippen LogP contribution < -0.4 is 0 Å². The minimum atomic E-state index is -1.11. The highest BCUT2D eigenvalue weighted by molar-refractivity contribution is 5.83. The van der Waals surface area contributed by atoms with Crippen molar-refractivity contribution in [2.45, 2.75) is 187 Å². The Kier molecular flexibility index (Phi) is 28.2. The van der Waals surface area contributed by atoms with Crippen LogP contribution in [0, 0.1) is 5.92 Å². The van der Waals surface area contributed by atoms with Gasteiger partial charge >= 0.3 is 0 Å². The standard InChI is InChI=1S/C33H66O4/c1-4-7-9-10-11-12-13-14-15-16-17-18-19-20-21-22-23-24-25-27-31(35)33(32(36)28-34)37-29-30(6-3)26-8-5-2/h30,32-34,36H,4-29H2,1-3H3. The van der Waals surface area contributed by atoms with Gasteiger partial charge in [-0.05, 0) is 18.8 Å². The molecule has 0 fully saturated rings. The Hall–Kier alpha value is -0.450. The van der Waals surface area contributed by atoms with Crippen molar-refractivity contribution in [3.63, 3.8) is 0 Å².